The van der Waals surface area contributed by atoms with Crippen molar-refractivity contribution in [3.63, 3.8) is 0 Å². The van der Waals surface area contributed by atoms with E-state index in [1.54, 1.807) is 18.2 Å². The van der Waals surface area contributed by atoms with Crippen molar-refractivity contribution in [3.8, 4) is 6.07 Å². The van der Waals surface area contributed by atoms with Crippen LogP contribution in [0.1, 0.15) is 5.56 Å². The Labute approximate surface area is 138 Å². The Morgan fingerprint density at radius 2 is 1.78 bits per heavy atom. The van der Waals surface area contributed by atoms with Crippen LogP contribution in [0.2, 0.25) is 5.02 Å². The lowest BCUT2D eigenvalue weighted by molar-refractivity contribution is 0.262. The summed E-state index contributed by atoms with van der Waals surface area (Å²) in [6.07, 6.45) is 0. The van der Waals surface area contributed by atoms with Crippen molar-refractivity contribution in [2.24, 2.45) is 0 Å². The molecule has 0 spiro atoms. The summed E-state index contributed by atoms with van der Waals surface area (Å²) >= 11 is 5.96. The number of anilines is 2. The van der Waals surface area contributed by atoms with Crippen molar-refractivity contribution in [2.45, 2.75) is 0 Å². The van der Waals surface area contributed by atoms with E-state index >= 15 is 0 Å². The summed E-state index contributed by atoms with van der Waals surface area (Å²) in [5.74, 6) is 0. The molecule has 2 amide bonds. The summed E-state index contributed by atoms with van der Waals surface area (Å²) in [5, 5.41) is 16.7. The number of urea groups is 1. The van der Waals surface area contributed by atoms with Gasteiger partial charge in [-0.3, -0.25) is 0 Å². The van der Waals surface area contributed by atoms with Crippen molar-refractivity contribution < 1.29 is 4.79 Å². The molecular weight excluding hydrogens is 310 g/mol. The number of nitrogens with zero attached hydrogens (tertiary/aromatic N) is 1. The second-order valence-electron chi connectivity index (χ2n) is 4.91. The zero-order valence-electron chi connectivity index (χ0n) is 12.0. The Morgan fingerprint density at radius 1 is 1.00 bits per heavy atom. The molecule has 3 aromatic carbocycles. The lowest BCUT2D eigenvalue weighted by atomic mass is 10.1. The SMILES string of the molecule is N#Cc1ccc(NC(=O)Nc2cccc3ccccc23)cc1Cl. The first-order valence-electron chi connectivity index (χ1n) is 6.93. The van der Waals surface area contributed by atoms with Crippen molar-refractivity contribution in [1.29, 1.82) is 5.26 Å². The smallest absolute Gasteiger partial charge is 0.308 e. The van der Waals surface area contributed by atoms with Crippen molar-refractivity contribution in [2.75, 3.05) is 10.6 Å². The summed E-state index contributed by atoms with van der Waals surface area (Å²) in [6.45, 7) is 0. The zero-order valence-corrected chi connectivity index (χ0v) is 12.8. The highest BCUT2D eigenvalue weighted by atomic mass is 35.5. The Balaban J connectivity index is 1.79. The molecule has 4 nitrogen and oxygen atoms in total. The minimum Gasteiger partial charge on any atom is -0.308 e. The number of rotatable bonds is 2. The van der Waals surface area contributed by atoms with E-state index in [-0.39, 0.29) is 6.03 Å². The number of carbonyl (C=O) groups is 1. The predicted molar refractivity (Wildman–Crippen MR) is 92.8 cm³/mol. The van der Waals surface area contributed by atoms with E-state index in [0.717, 1.165) is 16.5 Å². The van der Waals surface area contributed by atoms with Gasteiger partial charge in [-0.15, -0.1) is 0 Å². The number of nitriles is 1. The first-order valence-corrected chi connectivity index (χ1v) is 7.30. The molecule has 3 aromatic rings. The summed E-state index contributed by atoms with van der Waals surface area (Å²) < 4.78 is 0. The molecule has 2 N–H and O–H groups in total. The highest BCUT2D eigenvalue weighted by Gasteiger charge is 2.07. The molecule has 0 radical (unpaired) electrons. The fraction of sp³-hybridized carbons (Fsp3) is 0. The second kappa shape index (κ2) is 6.39. The normalized spacial score (nSPS) is 10.1. The van der Waals surface area contributed by atoms with E-state index in [0.29, 0.717) is 16.3 Å². The number of nitrogens with one attached hydrogen (secondary N) is 2. The van der Waals surface area contributed by atoms with Crippen molar-refractivity contribution >= 4 is 39.8 Å². The molecule has 112 valence electrons. The van der Waals surface area contributed by atoms with E-state index in [1.165, 1.54) is 0 Å². The number of halogens is 1. The molecule has 5 heteroatoms. The summed E-state index contributed by atoms with van der Waals surface area (Å²) in [7, 11) is 0. The zero-order chi connectivity index (χ0) is 16.2. The van der Waals surface area contributed by atoms with Gasteiger partial charge in [-0.05, 0) is 29.7 Å². The van der Waals surface area contributed by atoms with E-state index < -0.39 is 0 Å². The van der Waals surface area contributed by atoms with Crippen molar-refractivity contribution in [1.82, 2.24) is 0 Å². The largest absolute Gasteiger partial charge is 0.323 e. The third-order valence-corrected chi connectivity index (χ3v) is 3.70. The number of amides is 2. The van der Waals surface area contributed by atoms with Gasteiger partial charge >= 0.3 is 6.03 Å². The molecule has 3 rings (SSSR count). The fourth-order valence-corrected chi connectivity index (χ4v) is 2.53. The molecule has 0 saturated heterocycles. The molecule has 23 heavy (non-hydrogen) atoms. The van der Waals surface area contributed by atoms with Gasteiger partial charge in [0.15, 0.2) is 0 Å². The molecule has 0 atom stereocenters. The molecular formula is C18H12ClN3O. The highest BCUT2D eigenvalue weighted by molar-refractivity contribution is 6.32. The molecule has 0 aliphatic heterocycles. The molecule has 0 unspecified atom stereocenters. The average Bonchev–Trinajstić information content (AvgIpc) is 2.55. The topological polar surface area (TPSA) is 64.9 Å². The molecule has 0 heterocycles. The quantitative estimate of drug-likeness (QED) is 0.697. The van der Waals surface area contributed by atoms with Crippen LogP contribution in [0.15, 0.2) is 60.7 Å². The maximum absolute atomic E-state index is 12.2. The monoisotopic (exact) mass is 321 g/mol. The first kappa shape index (κ1) is 14.9. The van der Waals surface area contributed by atoms with E-state index in [2.05, 4.69) is 10.6 Å². The molecule has 0 bridgehead atoms. The molecule has 0 saturated carbocycles. The number of carbonyl (C=O) groups excluding carboxylic acids is 1. The predicted octanol–water partition coefficient (Wildman–Crippen LogP) is 5.01. The summed E-state index contributed by atoms with van der Waals surface area (Å²) in [5.41, 5.74) is 1.61. The maximum atomic E-state index is 12.2. The van der Waals surface area contributed by atoms with Crippen LogP contribution in [0.3, 0.4) is 0 Å². The lowest BCUT2D eigenvalue weighted by Gasteiger charge is -2.10. The summed E-state index contributed by atoms with van der Waals surface area (Å²) in [4.78, 5) is 12.2. The molecule has 0 fully saturated rings. The lowest BCUT2D eigenvalue weighted by Crippen LogP contribution is -2.19. The Hall–Kier alpha value is -3.03. The minimum atomic E-state index is -0.373. The van der Waals surface area contributed by atoms with Gasteiger partial charge in [-0.25, -0.2) is 4.79 Å². The maximum Gasteiger partial charge on any atom is 0.323 e. The van der Waals surface area contributed by atoms with Crippen LogP contribution in [0.25, 0.3) is 10.8 Å². The van der Waals surface area contributed by atoms with Gasteiger partial charge in [-0.1, -0.05) is 48.0 Å². The van der Waals surface area contributed by atoms with Gasteiger partial charge in [0.1, 0.15) is 6.07 Å². The van der Waals surface area contributed by atoms with Gasteiger partial charge < -0.3 is 10.6 Å². The number of benzene rings is 3. The number of fused-ring (bicyclic) bond motifs is 1. The second-order valence-corrected chi connectivity index (χ2v) is 5.32. The fourth-order valence-electron chi connectivity index (χ4n) is 2.30. The Morgan fingerprint density at radius 3 is 2.57 bits per heavy atom. The van der Waals surface area contributed by atoms with E-state index in [9.17, 15) is 4.79 Å². The highest BCUT2D eigenvalue weighted by Crippen LogP contribution is 2.24. The standard InChI is InChI=1S/C18H12ClN3O/c19-16-10-14(9-8-13(16)11-20)21-18(23)22-17-7-3-5-12-4-1-2-6-15(12)17/h1-10H,(H2,21,22,23). The third kappa shape index (κ3) is 3.25. The minimum absolute atomic E-state index is 0.301. The van der Waals surface area contributed by atoms with Crippen LogP contribution < -0.4 is 10.6 Å². The average molecular weight is 322 g/mol. The van der Waals surface area contributed by atoms with Gasteiger partial charge in [0.2, 0.25) is 0 Å². The van der Waals surface area contributed by atoms with Crippen molar-refractivity contribution in [3.05, 3.63) is 71.2 Å². The molecule has 0 aliphatic rings. The van der Waals surface area contributed by atoms with Crippen LogP contribution in [0, 0.1) is 11.3 Å². The Kier molecular flexibility index (Phi) is 4.13. The molecule has 0 aliphatic carbocycles. The number of hydrogen-bond acceptors (Lipinski definition) is 2. The third-order valence-electron chi connectivity index (χ3n) is 3.39. The Bertz CT molecular complexity index is 926. The van der Waals surface area contributed by atoms with Crippen LogP contribution in [-0.2, 0) is 0 Å². The van der Waals surface area contributed by atoms with Crippen LogP contribution in [-0.4, -0.2) is 6.03 Å². The molecule has 0 aromatic heterocycles. The summed E-state index contributed by atoms with van der Waals surface area (Å²) in [6, 6.07) is 19.9. The van der Waals surface area contributed by atoms with E-state index in [4.69, 9.17) is 16.9 Å². The van der Waals surface area contributed by atoms with Crippen LogP contribution in [0.5, 0.6) is 0 Å². The van der Waals surface area contributed by atoms with E-state index in [1.807, 2.05) is 48.5 Å². The first-order chi connectivity index (χ1) is 11.2. The van der Waals surface area contributed by atoms with Gasteiger partial charge in [0, 0.05) is 11.1 Å². The van der Waals surface area contributed by atoms with Crippen LogP contribution >= 0.6 is 11.6 Å². The van der Waals surface area contributed by atoms with Gasteiger partial charge in [0.25, 0.3) is 0 Å². The van der Waals surface area contributed by atoms with Gasteiger partial charge in [-0.2, -0.15) is 5.26 Å². The van der Waals surface area contributed by atoms with Gasteiger partial charge in [0.05, 0.1) is 16.3 Å². The van der Waals surface area contributed by atoms with Crippen LogP contribution in [0.4, 0.5) is 16.2 Å². The number of hydrogen-bond donors (Lipinski definition) is 2.